The molecule has 12 heteroatoms. The predicted molar refractivity (Wildman–Crippen MR) is 148 cm³/mol. The van der Waals surface area contributed by atoms with E-state index in [0.717, 1.165) is 10.2 Å². The van der Waals surface area contributed by atoms with Gasteiger partial charge in [-0.05, 0) is 55.5 Å². The summed E-state index contributed by atoms with van der Waals surface area (Å²) in [4.78, 5) is 18.0. The van der Waals surface area contributed by atoms with Gasteiger partial charge in [-0.3, -0.25) is 9.52 Å². The molecule has 9 nitrogen and oxygen atoms in total. The van der Waals surface area contributed by atoms with Gasteiger partial charge in [0.05, 0.1) is 35.9 Å². The largest absolute Gasteiger partial charge is 0.493 e. The average Bonchev–Trinajstić information content (AvgIpc) is 3.23. The number of aromatic nitrogens is 1. The number of amides is 1. The summed E-state index contributed by atoms with van der Waals surface area (Å²) in [6, 6.07) is 15.6. The summed E-state index contributed by atoms with van der Waals surface area (Å²) in [7, 11) is -0.678. The Hall–Kier alpha value is -3.38. The molecule has 4 aromatic rings. The fourth-order valence-corrected chi connectivity index (χ4v) is 5.91. The van der Waals surface area contributed by atoms with E-state index in [9.17, 15) is 13.2 Å². The molecule has 0 fully saturated rings. The van der Waals surface area contributed by atoms with Gasteiger partial charge in [0.1, 0.15) is 0 Å². The Bertz CT molecular complexity index is 1610. The van der Waals surface area contributed by atoms with Crippen molar-refractivity contribution in [3.63, 3.8) is 0 Å². The topological polar surface area (TPSA) is 108 Å². The van der Waals surface area contributed by atoms with Crippen molar-refractivity contribution in [1.82, 2.24) is 4.57 Å². The Morgan fingerprint density at radius 3 is 2.32 bits per heavy atom. The lowest BCUT2D eigenvalue weighted by Crippen LogP contribution is -2.19. The number of benzene rings is 3. The van der Waals surface area contributed by atoms with E-state index in [1.807, 2.05) is 23.6 Å². The van der Waals surface area contributed by atoms with Crippen LogP contribution in [0.4, 0.5) is 5.69 Å². The quantitative estimate of drug-likeness (QED) is 0.268. The van der Waals surface area contributed by atoms with Crippen molar-refractivity contribution in [2.75, 3.05) is 32.2 Å². The molecule has 0 aliphatic rings. The van der Waals surface area contributed by atoms with Crippen LogP contribution in [0.15, 0.2) is 70.6 Å². The molecule has 4 rings (SSSR count). The third kappa shape index (κ3) is 6.18. The Morgan fingerprint density at radius 1 is 1.03 bits per heavy atom. The number of sulfonamides is 1. The van der Waals surface area contributed by atoms with Crippen LogP contribution in [0.1, 0.15) is 17.3 Å². The third-order valence-electron chi connectivity index (χ3n) is 5.56. The highest BCUT2D eigenvalue weighted by Crippen LogP contribution is 2.33. The van der Waals surface area contributed by atoms with Crippen molar-refractivity contribution < 1.29 is 27.4 Å². The van der Waals surface area contributed by atoms with E-state index in [2.05, 4.69) is 9.71 Å². The molecule has 3 aromatic carbocycles. The highest BCUT2D eigenvalue weighted by atomic mass is 35.5. The summed E-state index contributed by atoms with van der Waals surface area (Å²) < 4.78 is 46.9. The number of anilines is 1. The number of ether oxygens (including phenoxy) is 3. The Labute approximate surface area is 229 Å². The van der Waals surface area contributed by atoms with E-state index in [1.165, 1.54) is 59.9 Å². The summed E-state index contributed by atoms with van der Waals surface area (Å²) in [5.74, 6) is 0.679. The van der Waals surface area contributed by atoms with Gasteiger partial charge >= 0.3 is 0 Å². The van der Waals surface area contributed by atoms with Crippen LogP contribution in [0.25, 0.3) is 10.2 Å². The number of nitrogens with one attached hydrogen (secondary N) is 1. The fourth-order valence-electron chi connectivity index (χ4n) is 3.66. The van der Waals surface area contributed by atoms with E-state index in [1.54, 1.807) is 14.2 Å². The second kappa shape index (κ2) is 12.0. The molecule has 38 heavy (non-hydrogen) atoms. The molecule has 1 N–H and O–H groups in total. The van der Waals surface area contributed by atoms with E-state index < -0.39 is 15.9 Å². The zero-order valence-electron chi connectivity index (χ0n) is 20.9. The molecular formula is C26H26ClN3O6S2. The van der Waals surface area contributed by atoms with Gasteiger partial charge in [-0.25, -0.2) is 8.42 Å². The van der Waals surface area contributed by atoms with E-state index >= 15 is 0 Å². The van der Waals surface area contributed by atoms with E-state index in [4.69, 9.17) is 25.8 Å². The second-order valence-electron chi connectivity index (χ2n) is 7.96. The molecule has 1 heterocycles. The number of carbonyl (C=O) groups is 1. The first-order chi connectivity index (χ1) is 18.2. The third-order valence-corrected chi connectivity index (χ3v) is 8.25. The minimum absolute atomic E-state index is 0.0756. The molecular weight excluding hydrogens is 550 g/mol. The maximum atomic E-state index is 13.1. The number of hydrogen-bond donors (Lipinski definition) is 1. The maximum absolute atomic E-state index is 13.1. The molecule has 0 bridgehead atoms. The monoisotopic (exact) mass is 575 g/mol. The van der Waals surface area contributed by atoms with Crippen molar-refractivity contribution in [1.29, 1.82) is 0 Å². The van der Waals surface area contributed by atoms with Gasteiger partial charge in [0.15, 0.2) is 16.3 Å². The zero-order valence-corrected chi connectivity index (χ0v) is 23.3. The predicted octanol–water partition coefficient (Wildman–Crippen LogP) is 4.95. The van der Waals surface area contributed by atoms with Crippen molar-refractivity contribution in [2.45, 2.75) is 18.4 Å². The number of nitrogens with zero attached hydrogens (tertiary/aromatic N) is 2. The van der Waals surface area contributed by atoms with Crippen LogP contribution in [0.3, 0.4) is 0 Å². The number of carbonyl (C=O) groups excluding carboxylic acids is 1. The highest BCUT2D eigenvalue weighted by Gasteiger charge is 2.16. The van der Waals surface area contributed by atoms with Crippen LogP contribution in [0.5, 0.6) is 11.5 Å². The molecule has 0 aliphatic carbocycles. The molecule has 200 valence electrons. The summed E-state index contributed by atoms with van der Waals surface area (Å²) in [6.45, 7) is 3.42. The van der Waals surface area contributed by atoms with Crippen molar-refractivity contribution in [3.8, 4) is 11.5 Å². The average molecular weight is 576 g/mol. The van der Waals surface area contributed by atoms with Crippen LogP contribution >= 0.6 is 22.9 Å². The molecule has 1 amide bonds. The van der Waals surface area contributed by atoms with Crippen LogP contribution in [0.2, 0.25) is 5.02 Å². The van der Waals surface area contributed by atoms with Crippen LogP contribution < -0.4 is 19.0 Å². The summed E-state index contributed by atoms with van der Waals surface area (Å²) in [6.07, 6.45) is 0. The molecule has 0 radical (unpaired) electrons. The lowest BCUT2D eigenvalue weighted by Gasteiger charge is -2.09. The van der Waals surface area contributed by atoms with E-state index in [0.29, 0.717) is 52.3 Å². The maximum Gasteiger partial charge on any atom is 0.279 e. The van der Waals surface area contributed by atoms with Crippen molar-refractivity contribution in [3.05, 3.63) is 76.1 Å². The zero-order chi connectivity index (χ0) is 27.3. The van der Waals surface area contributed by atoms with Crippen molar-refractivity contribution in [2.24, 2.45) is 4.99 Å². The molecule has 0 spiro atoms. The van der Waals surface area contributed by atoms with Gasteiger partial charge < -0.3 is 18.8 Å². The van der Waals surface area contributed by atoms with Gasteiger partial charge in [0, 0.05) is 41.6 Å². The lowest BCUT2D eigenvalue weighted by molar-refractivity contribution is 0.0996. The number of fused-ring (bicyclic) bond motifs is 1. The summed E-state index contributed by atoms with van der Waals surface area (Å²) in [5.41, 5.74) is 1.46. The first kappa shape index (κ1) is 27.6. The highest BCUT2D eigenvalue weighted by molar-refractivity contribution is 7.92. The molecule has 0 atom stereocenters. The minimum Gasteiger partial charge on any atom is -0.493 e. The first-order valence-corrected chi connectivity index (χ1v) is 14.2. The summed E-state index contributed by atoms with van der Waals surface area (Å²) >= 11 is 7.19. The lowest BCUT2D eigenvalue weighted by atomic mass is 10.2. The SMILES string of the molecule is CCOCCn1c(=NC(=O)c2ccc(NS(=O)(=O)c3ccc(Cl)cc3)cc2)sc2cc(OC)c(OC)cc21. The fraction of sp³-hybridized carbons (Fsp3) is 0.231. The number of methoxy groups -OCH3 is 2. The van der Waals surface area contributed by atoms with Gasteiger partial charge in [0.25, 0.3) is 15.9 Å². The molecule has 0 saturated carbocycles. The minimum atomic E-state index is -3.81. The molecule has 0 saturated heterocycles. The number of thiazole rings is 1. The number of hydrogen-bond acceptors (Lipinski definition) is 7. The standard InChI is InChI=1S/C26H26ClN3O6S2/c1-4-36-14-13-30-21-15-22(34-2)23(35-3)16-24(21)37-26(30)28-25(31)17-5-9-19(10-6-17)29-38(32,33)20-11-7-18(27)8-12-20/h5-12,15-16,29H,4,13-14H2,1-3H3. The Balaban J connectivity index is 1.63. The van der Waals surface area contributed by atoms with Crippen LogP contribution in [-0.4, -0.2) is 46.3 Å². The van der Waals surface area contributed by atoms with Crippen LogP contribution in [0, 0.1) is 0 Å². The Kier molecular flexibility index (Phi) is 8.72. The number of rotatable bonds is 10. The number of halogens is 1. The van der Waals surface area contributed by atoms with E-state index in [-0.39, 0.29) is 4.90 Å². The molecule has 1 aromatic heterocycles. The van der Waals surface area contributed by atoms with Crippen molar-refractivity contribution >= 4 is 54.8 Å². The van der Waals surface area contributed by atoms with Gasteiger partial charge in [0.2, 0.25) is 0 Å². The molecule has 0 unspecified atom stereocenters. The van der Waals surface area contributed by atoms with Gasteiger partial charge in [-0.2, -0.15) is 4.99 Å². The van der Waals surface area contributed by atoms with Gasteiger partial charge in [-0.15, -0.1) is 0 Å². The summed E-state index contributed by atoms with van der Waals surface area (Å²) in [5, 5.41) is 0.437. The molecule has 0 aliphatic heterocycles. The van der Waals surface area contributed by atoms with Crippen LogP contribution in [-0.2, 0) is 21.3 Å². The Morgan fingerprint density at radius 2 is 1.68 bits per heavy atom. The second-order valence-corrected chi connectivity index (χ2v) is 11.1. The smallest absolute Gasteiger partial charge is 0.279 e. The normalized spacial score (nSPS) is 12.1. The van der Waals surface area contributed by atoms with Gasteiger partial charge in [-0.1, -0.05) is 22.9 Å². The first-order valence-electron chi connectivity index (χ1n) is 11.6.